The molecule has 2 aliphatic rings. The first kappa shape index (κ1) is 19.1. The summed E-state index contributed by atoms with van der Waals surface area (Å²) in [7, 11) is 0. The molecule has 0 aromatic heterocycles. The number of amides is 1. The third kappa shape index (κ3) is 4.44. The molecule has 0 atom stereocenters. The summed E-state index contributed by atoms with van der Waals surface area (Å²) in [5, 5.41) is 12.9. The van der Waals surface area contributed by atoms with Crippen LogP contribution in [0.15, 0.2) is 11.9 Å². The fourth-order valence-electron chi connectivity index (χ4n) is 3.56. The number of aliphatic hydroxyl groups excluding tert-OH is 1. The van der Waals surface area contributed by atoms with E-state index in [1.807, 2.05) is 6.20 Å². The maximum atomic E-state index is 12.9. The van der Waals surface area contributed by atoms with Crippen molar-refractivity contribution < 1.29 is 9.90 Å². The normalized spacial score (nSPS) is 20.5. The molecule has 0 aromatic rings. The summed E-state index contributed by atoms with van der Waals surface area (Å²) in [4.78, 5) is 17.3. The van der Waals surface area contributed by atoms with Crippen molar-refractivity contribution >= 4 is 5.91 Å². The molecule has 1 heterocycles. The fourth-order valence-corrected chi connectivity index (χ4v) is 3.56. The lowest BCUT2D eigenvalue weighted by molar-refractivity contribution is -0.121. The van der Waals surface area contributed by atoms with E-state index in [9.17, 15) is 9.90 Å². The first-order valence-electron chi connectivity index (χ1n) is 9.48. The Bertz CT molecular complexity index is 462. The van der Waals surface area contributed by atoms with E-state index in [1.54, 1.807) is 0 Å². The average molecular weight is 338 g/mol. The number of unbranched alkanes of at least 4 members (excludes halogenated alkanes) is 2. The van der Waals surface area contributed by atoms with Crippen molar-refractivity contribution in [2.45, 2.75) is 83.7 Å². The van der Waals surface area contributed by atoms with E-state index in [-0.39, 0.29) is 18.1 Å². The highest BCUT2D eigenvalue weighted by Gasteiger charge is 2.38. The molecular formula is C19H35N3O2. The van der Waals surface area contributed by atoms with Gasteiger partial charge in [-0.25, -0.2) is 0 Å². The van der Waals surface area contributed by atoms with E-state index >= 15 is 0 Å². The van der Waals surface area contributed by atoms with Gasteiger partial charge >= 0.3 is 0 Å². The lowest BCUT2D eigenvalue weighted by atomic mass is 9.98. The summed E-state index contributed by atoms with van der Waals surface area (Å²) in [5.74, 6) is -0.0331. The number of carbonyl (C=O) groups is 1. The number of nitrogens with zero attached hydrogens (tertiary/aromatic N) is 2. The topological polar surface area (TPSA) is 55.8 Å². The van der Waals surface area contributed by atoms with Gasteiger partial charge in [0.25, 0.3) is 5.91 Å². The summed E-state index contributed by atoms with van der Waals surface area (Å²) in [6.07, 6.45) is 9.37. The number of carbonyl (C=O) groups excluding carboxylic acids is 1. The average Bonchev–Trinajstić information content (AvgIpc) is 3.14. The highest BCUT2D eigenvalue weighted by molar-refractivity contribution is 5.93. The molecule has 5 heteroatoms. The number of aliphatic hydroxyl groups is 1. The van der Waals surface area contributed by atoms with Crippen molar-refractivity contribution in [3.05, 3.63) is 11.9 Å². The van der Waals surface area contributed by atoms with E-state index < -0.39 is 5.54 Å². The van der Waals surface area contributed by atoms with Crippen molar-refractivity contribution in [1.29, 1.82) is 0 Å². The predicted molar refractivity (Wildman–Crippen MR) is 97.2 cm³/mol. The van der Waals surface area contributed by atoms with Crippen LogP contribution in [0.2, 0.25) is 0 Å². The SMILES string of the molecule is CCCCCN1CN(C(C)(C)C)C=C1C(=O)NC1(CO)CCCC1. The second-order valence-corrected chi connectivity index (χ2v) is 8.37. The van der Waals surface area contributed by atoms with Gasteiger partial charge in [0.2, 0.25) is 0 Å². The monoisotopic (exact) mass is 337 g/mol. The Labute approximate surface area is 147 Å². The Balaban J connectivity index is 2.10. The molecule has 5 nitrogen and oxygen atoms in total. The number of hydrogen-bond donors (Lipinski definition) is 2. The van der Waals surface area contributed by atoms with Crippen molar-refractivity contribution in [2.24, 2.45) is 0 Å². The summed E-state index contributed by atoms with van der Waals surface area (Å²) in [5.41, 5.74) is 0.329. The number of nitrogens with one attached hydrogen (secondary N) is 1. The van der Waals surface area contributed by atoms with Crippen molar-refractivity contribution in [3.8, 4) is 0 Å². The van der Waals surface area contributed by atoms with Crippen LogP contribution in [-0.2, 0) is 4.79 Å². The van der Waals surface area contributed by atoms with Crippen LogP contribution in [0.3, 0.4) is 0 Å². The van der Waals surface area contributed by atoms with Crippen LogP contribution >= 0.6 is 0 Å². The predicted octanol–water partition coefficient (Wildman–Crippen LogP) is 2.81. The van der Waals surface area contributed by atoms with Crippen LogP contribution in [0.5, 0.6) is 0 Å². The second-order valence-electron chi connectivity index (χ2n) is 8.37. The van der Waals surface area contributed by atoms with Crippen molar-refractivity contribution in [1.82, 2.24) is 15.1 Å². The molecular weight excluding hydrogens is 302 g/mol. The molecule has 1 fully saturated rings. The minimum Gasteiger partial charge on any atom is -0.394 e. The smallest absolute Gasteiger partial charge is 0.269 e. The van der Waals surface area contributed by atoms with E-state index in [0.717, 1.165) is 51.0 Å². The summed E-state index contributed by atoms with van der Waals surface area (Å²) in [6, 6.07) is 0. The Morgan fingerprint density at radius 1 is 1.29 bits per heavy atom. The first-order valence-corrected chi connectivity index (χ1v) is 9.48. The van der Waals surface area contributed by atoms with Crippen LogP contribution in [0, 0.1) is 0 Å². The van der Waals surface area contributed by atoms with E-state index in [1.165, 1.54) is 12.8 Å². The van der Waals surface area contributed by atoms with Gasteiger partial charge in [0.15, 0.2) is 0 Å². The molecule has 1 saturated carbocycles. The highest BCUT2D eigenvalue weighted by atomic mass is 16.3. The number of rotatable bonds is 7. The Hall–Kier alpha value is -1.23. The van der Waals surface area contributed by atoms with E-state index in [0.29, 0.717) is 0 Å². The molecule has 0 bridgehead atoms. The van der Waals surface area contributed by atoms with Gasteiger partial charge in [-0.2, -0.15) is 0 Å². The molecule has 0 spiro atoms. The standard InChI is InChI=1S/C19H35N3O2/c1-5-6-9-12-21-15-22(18(2,3)4)13-16(21)17(24)20-19(14-23)10-7-8-11-19/h13,23H,5-12,14-15H2,1-4H3,(H,20,24). The molecule has 0 aromatic carbocycles. The molecule has 24 heavy (non-hydrogen) atoms. The molecule has 1 aliphatic carbocycles. The molecule has 0 saturated heterocycles. The van der Waals surface area contributed by atoms with Crippen LogP contribution in [-0.4, -0.2) is 51.7 Å². The summed E-state index contributed by atoms with van der Waals surface area (Å²) >= 11 is 0. The van der Waals surface area contributed by atoms with Crippen molar-refractivity contribution in [2.75, 3.05) is 19.8 Å². The minimum atomic E-state index is -0.415. The van der Waals surface area contributed by atoms with Gasteiger partial charge in [0.05, 0.1) is 18.8 Å². The van der Waals surface area contributed by atoms with Crippen LogP contribution in [0.4, 0.5) is 0 Å². The molecule has 0 radical (unpaired) electrons. The summed E-state index contributed by atoms with van der Waals surface area (Å²) in [6.45, 7) is 10.4. The lowest BCUT2D eigenvalue weighted by Gasteiger charge is -2.33. The van der Waals surface area contributed by atoms with Gasteiger partial charge in [-0.05, 0) is 40.0 Å². The second kappa shape index (κ2) is 7.77. The third-order valence-electron chi connectivity index (χ3n) is 5.31. The Kier molecular flexibility index (Phi) is 6.18. The Morgan fingerprint density at radius 3 is 2.50 bits per heavy atom. The molecule has 138 valence electrons. The molecule has 0 unspecified atom stereocenters. The quantitative estimate of drug-likeness (QED) is 0.702. The summed E-state index contributed by atoms with van der Waals surface area (Å²) < 4.78 is 0. The molecule has 1 amide bonds. The molecule has 1 aliphatic heterocycles. The Morgan fingerprint density at radius 2 is 1.96 bits per heavy atom. The maximum Gasteiger partial charge on any atom is 0.269 e. The molecule has 2 rings (SSSR count). The van der Waals surface area contributed by atoms with Gasteiger partial charge in [0, 0.05) is 18.3 Å². The zero-order valence-corrected chi connectivity index (χ0v) is 15.9. The van der Waals surface area contributed by atoms with Crippen LogP contribution in [0.1, 0.15) is 72.6 Å². The zero-order valence-electron chi connectivity index (χ0n) is 15.9. The lowest BCUT2D eigenvalue weighted by Crippen LogP contribution is -2.51. The minimum absolute atomic E-state index is 0.00688. The maximum absolute atomic E-state index is 12.9. The van der Waals surface area contributed by atoms with Crippen LogP contribution < -0.4 is 5.32 Å². The first-order chi connectivity index (χ1) is 11.3. The van der Waals surface area contributed by atoms with Gasteiger partial charge in [0.1, 0.15) is 5.70 Å². The van der Waals surface area contributed by atoms with Gasteiger partial charge < -0.3 is 20.2 Å². The van der Waals surface area contributed by atoms with Gasteiger partial charge in [-0.15, -0.1) is 0 Å². The van der Waals surface area contributed by atoms with Crippen molar-refractivity contribution in [3.63, 3.8) is 0 Å². The van der Waals surface area contributed by atoms with Gasteiger partial charge in [-0.3, -0.25) is 4.79 Å². The number of hydrogen-bond acceptors (Lipinski definition) is 4. The van der Waals surface area contributed by atoms with Crippen LogP contribution in [0.25, 0.3) is 0 Å². The van der Waals surface area contributed by atoms with E-state index in [4.69, 9.17) is 0 Å². The zero-order chi connectivity index (χ0) is 17.8. The van der Waals surface area contributed by atoms with Gasteiger partial charge in [-0.1, -0.05) is 32.6 Å². The van der Waals surface area contributed by atoms with E-state index in [2.05, 4.69) is 42.8 Å². The fraction of sp³-hybridized carbons (Fsp3) is 0.842. The largest absolute Gasteiger partial charge is 0.394 e. The third-order valence-corrected chi connectivity index (χ3v) is 5.31. The molecule has 2 N–H and O–H groups in total. The highest BCUT2D eigenvalue weighted by Crippen LogP contribution is 2.31.